The zero-order valence-electron chi connectivity index (χ0n) is 9.55. The number of benzene rings is 1. The first-order valence-corrected chi connectivity index (χ1v) is 5.74. The minimum atomic E-state index is 0.497. The molecule has 0 aliphatic carbocycles. The second kappa shape index (κ2) is 4.67. The molecular formula is C13H19NO. The van der Waals surface area contributed by atoms with Crippen molar-refractivity contribution in [1.82, 2.24) is 0 Å². The Kier molecular flexibility index (Phi) is 3.27. The molecule has 0 amide bonds. The van der Waals surface area contributed by atoms with E-state index in [-0.39, 0.29) is 0 Å². The van der Waals surface area contributed by atoms with E-state index in [2.05, 4.69) is 37.4 Å². The van der Waals surface area contributed by atoms with Crippen molar-refractivity contribution in [1.29, 1.82) is 0 Å². The highest BCUT2D eigenvalue weighted by molar-refractivity contribution is 5.57. The summed E-state index contributed by atoms with van der Waals surface area (Å²) >= 11 is 0. The van der Waals surface area contributed by atoms with E-state index < -0.39 is 0 Å². The minimum absolute atomic E-state index is 0.497. The Morgan fingerprint density at radius 3 is 3.00 bits per heavy atom. The molecule has 1 atom stereocenters. The van der Waals surface area contributed by atoms with Gasteiger partial charge >= 0.3 is 0 Å². The van der Waals surface area contributed by atoms with Crippen molar-refractivity contribution < 1.29 is 4.74 Å². The molecule has 1 aliphatic heterocycles. The van der Waals surface area contributed by atoms with Crippen molar-refractivity contribution in [2.24, 2.45) is 0 Å². The molecule has 0 saturated carbocycles. The molecule has 1 aromatic rings. The monoisotopic (exact) mass is 205 g/mol. The summed E-state index contributed by atoms with van der Waals surface area (Å²) in [6, 6.07) is 6.99. The second-order valence-electron chi connectivity index (χ2n) is 4.17. The summed E-state index contributed by atoms with van der Waals surface area (Å²) in [6.07, 6.45) is 2.20. The van der Waals surface area contributed by atoms with Gasteiger partial charge in [-0.1, -0.05) is 25.1 Å². The van der Waals surface area contributed by atoms with Crippen LogP contribution in [0.25, 0.3) is 0 Å². The molecule has 1 fully saturated rings. The van der Waals surface area contributed by atoms with Crippen molar-refractivity contribution in [2.75, 3.05) is 18.5 Å². The predicted molar refractivity (Wildman–Crippen MR) is 63.4 cm³/mol. The van der Waals surface area contributed by atoms with Gasteiger partial charge in [0.05, 0.1) is 12.6 Å². The van der Waals surface area contributed by atoms with Crippen LogP contribution in [0.4, 0.5) is 5.69 Å². The number of hydrogen-bond donors (Lipinski definition) is 1. The van der Waals surface area contributed by atoms with Gasteiger partial charge in [-0.25, -0.2) is 0 Å². The van der Waals surface area contributed by atoms with Crippen LogP contribution in [-0.2, 0) is 11.2 Å². The van der Waals surface area contributed by atoms with E-state index in [9.17, 15) is 0 Å². The van der Waals surface area contributed by atoms with Crippen molar-refractivity contribution in [3.05, 3.63) is 29.3 Å². The molecular weight excluding hydrogens is 186 g/mol. The highest BCUT2D eigenvalue weighted by atomic mass is 16.5. The Balaban J connectivity index is 2.17. The first-order valence-electron chi connectivity index (χ1n) is 5.74. The maximum absolute atomic E-state index is 5.38. The highest BCUT2D eigenvalue weighted by Crippen LogP contribution is 2.23. The van der Waals surface area contributed by atoms with Crippen LogP contribution in [0, 0.1) is 6.92 Å². The number of hydrogen-bond acceptors (Lipinski definition) is 2. The number of nitrogens with one attached hydrogen (secondary N) is 1. The summed E-state index contributed by atoms with van der Waals surface area (Å²) in [6.45, 7) is 6.10. The van der Waals surface area contributed by atoms with Gasteiger partial charge < -0.3 is 10.1 Å². The lowest BCUT2D eigenvalue weighted by molar-refractivity contribution is 0.195. The van der Waals surface area contributed by atoms with Gasteiger partial charge in [-0.15, -0.1) is 0 Å². The normalized spacial score (nSPS) is 20.5. The lowest BCUT2D eigenvalue weighted by atomic mass is 10.0. The molecule has 1 unspecified atom stereocenters. The molecule has 15 heavy (non-hydrogen) atoms. The van der Waals surface area contributed by atoms with E-state index in [1.54, 1.807) is 0 Å². The quantitative estimate of drug-likeness (QED) is 0.819. The van der Waals surface area contributed by atoms with Gasteiger partial charge in [0.25, 0.3) is 0 Å². The van der Waals surface area contributed by atoms with Crippen LogP contribution in [0.1, 0.15) is 24.5 Å². The van der Waals surface area contributed by atoms with Gasteiger partial charge in [0.1, 0.15) is 0 Å². The van der Waals surface area contributed by atoms with Crippen LogP contribution < -0.4 is 5.32 Å². The third kappa shape index (κ3) is 2.32. The van der Waals surface area contributed by atoms with Crippen molar-refractivity contribution in [2.45, 2.75) is 32.7 Å². The van der Waals surface area contributed by atoms with Gasteiger partial charge in [0.15, 0.2) is 0 Å². The Morgan fingerprint density at radius 2 is 2.33 bits per heavy atom. The number of aryl methyl sites for hydroxylation is 2. The fraction of sp³-hybridized carbons (Fsp3) is 0.538. The topological polar surface area (TPSA) is 21.3 Å². The van der Waals surface area contributed by atoms with Gasteiger partial charge in [-0.3, -0.25) is 0 Å². The molecule has 0 radical (unpaired) electrons. The maximum atomic E-state index is 5.38. The average molecular weight is 205 g/mol. The molecule has 1 aliphatic rings. The standard InChI is InChI=1S/C13H19NO/c1-3-11-6-4-5-10(2)13(11)14-12-7-8-15-9-12/h4-6,12,14H,3,7-9H2,1-2H3. The van der Waals surface area contributed by atoms with Crippen LogP contribution in [0.15, 0.2) is 18.2 Å². The fourth-order valence-corrected chi connectivity index (χ4v) is 2.08. The molecule has 1 saturated heterocycles. The number of rotatable bonds is 3. The average Bonchev–Trinajstić information content (AvgIpc) is 2.74. The SMILES string of the molecule is CCc1cccc(C)c1NC1CCOC1. The summed E-state index contributed by atoms with van der Waals surface area (Å²) < 4.78 is 5.38. The van der Waals surface area contributed by atoms with E-state index in [4.69, 9.17) is 4.74 Å². The molecule has 2 nitrogen and oxygen atoms in total. The van der Waals surface area contributed by atoms with Crippen LogP contribution in [-0.4, -0.2) is 19.3 Å². The summed E-state index contributed by atoms with van der Waals surface area (Å²) in [4.78, 5) is 0. The lowest BCUT2D eigenvalue weighted by Gasteiger charge is -2.17. The number of anilines is 1. The number of para-hydroxylation sites is 1. The van der Waals surface area contributed by atoms with E-state index in [1.165, 1.54) is 16.8 Å². The Labute approximate surface area is 91.6 Å². The number of ether oxygens (including phenoxy) is 1. The largest absolute Gasteiger partial charge is 0.379 e. The van der Waals surface area contributed by atoms with Gasteiger partial charge in [0, 0.05) is 12.3 Å². The zero-order chi connectivity index (χ0) is 10.7. The van der Waals surface area contributed by atoms with Crippen LogP contribution in [0.5, 0.6) is 0 Å². The molecule has 2 heteroatoms. The van der Waals surface area contributed by atoms with E-state index >= 15 is 0 Å². The van der Waals surface area contributed by atoms with Crippen molar-refractivity contribution >= 4 is 5.69 Å². The predicted octanol–water partition coefficient (Wildman–Crippen LogP) is 2.76. The van der Waals surface area contributed by atoms with Crippen molar-refractivity contribution in [3.63, 3.8) is 0 Å². The zero-order valence-corrected chi connectivity index (χ0v) is 9.55. The second-order valence-corrected chi connectivity index (χ2v) is 4.17. The van der Waals surface area contributed by atoms with Crippen molar-refractivity contribution in [3.8, 4) is 0 Å². The molecule has 2 rings (SSSR count). The molecule has 1 N–H and O–H groups in total. The maximum Gasteiger partial charge on any atom is 0.0668 e. The first-order chi connectivity index (χ1) is 7.31. The highest BCUT2D eigenvalue weighted by Gasteiger charge is 2.16. The molecule has 1 heterocycles. The van der Waals surface area contributed by atoms with E-state index in [0.717, 1.165) is 26.1 Å². The Hall–Kier alpha value is -1.02. The van der Waals surface area contributed by atoms with Gasteiger partial charge in [-0.05, 0) is 30.9 Å². The molecule has 0 bridgehead atoms. The van der Waals surface area contributed by atoms with E-state index in [1.807, 2.05) is 0 Å². The molecule has 82 valence electrons. The minimum Gasteiger partial charge on any atom is -0.379 e. The molecule has 0 spiro atoms. The van der Waals surface area contributed by atoms with Crippen LogP contribution in [0.3, 0.4) is 0 Å². The summed E-state index contributed by atoms with van der Waals surface area (Å²) in [5.41, 5.74) is 4.05. The smallest absolute Gasteiger partial charge is 0.0668 e. The van der Waals surface area contributed by atoms with Crippen LogP contribution in [0.2, 0.25) is 0 Å². The molecule has 0 aromatic heterocycles. The summed E-state index contributed by atoms with van der Waals surface area (Å²) in [5.74, 6) is 0. The fourth-order valence-electron chi connectivity index (χ4n) is 2.08. The first kappa shape index (κ1) is 10.5. The lowest BCUT2D eigenvalue weighted by Crippen LogP contribution is -2.20. The van der Waals surface area contributed by atoms with Gasteiger partial charge in [0.2, 0.25) is 0 Å². The third-order valence-corrected chi connectivity index (χ3v) is 3.02. The van der Waals surface area contributed by atoms with Gasteiger partial charge in [-0.2, -0.15) is 0 Å². The molecule has 1 aromatic carbocycles. The summed E-state index contributed by atoms with van der Waals surface area (Å²) in [5, 5.41) is 3.60. The Bertz CT molecular complexity index is 329. The Morgan fingerprint density at radius 1 is 1.47 bits per heavy atom. The van der Waals surface area contributed by atoms with Crippen LogP contribution >= 0.6 is 0 Å². The third-order valence-electron chi connectivity index (χ3n) is 3.02. The van der Waals surface area contributed by atoms with E-state index in [0.29, 0.717) is 6.04 Å². The summed E-state index contributed by atoms with van der Waals surface area (Å²) in [7, 11) is 0.